The number of aliphatic hydroxyl groups is 1. The summed E-state index contributed by atoms with van der Waals surface area (Å²) in [5.41, 5.74) is 8.87. The van der Waals surface area contributed by atoms with Gasteiger partial charge in [-0.15, -0.1) is 0 Å². The number of carbonyl (C=O) groups excluding carboxylic acids is 2. The number of cyclic esters (lactones) is 1. The number of fused-ring (bicyclic) bond motifs is 2. The Hall–Kier alpha value is -4.52. The van der Waals surface area contributed by atoms with E-state index in [1.165, 1.54) is 6.07 Å². The van der Waals surface area contributed by atoms with E-state index in [1.807, 2.05) is 54.6 Å². The second-order valence-electron chi connectivity index (χ2n) is 11.6. The molecule has 5 rings (SSSR count). The predicted octanol–water partition coefficient (Wildman–Crippen LogP) is 3.57. The summed E-state index contributed by atoms with van der Waals surface area (Å²) in [6, 6.07) is 21.0. The van der Waals surface area contributed by atoms with Crippen molar-refractivity contribution in [3.05, 3.63) is 113 Å². The lowest BCUT2D eigenvalue weighted by molar-refractivity contribution is -0.148. The van der Waals surface area contributed by atoms with E-state index in [1.54, 1.807) is 30.5 Å². The lowest BCUT2D eigenvalue weighted by atomic mass is 9.99. The second-order valence-corrected chi connectivity index (χ2v) is 11.6. The van der Waals surface area contributed by atoms with Crippen LogP contribution >= 0.6 is 0 Å². The molecule has 48 heavy (non-hydrogen) atoms. The summed E-state index contributed by atoms with van der Waals surface area (Å²) >= 11 is 0. The van der Waals surface area contributed by atoms with E-state index >= 15 is 0 Å². The minimum atomic E-state index is -1.32. The first-order valence-electron chi connectivity index (χ1n) is 16.1. The van der Waals surface area contributed by atoms with Crippen LogP contribution in [0.4, 0.5) is 0 Å². The number of esters is 1. The minimum absolute atomic E-state index is 0.0189. The van der Waals surface area contributed by atoms with Gasteiger partial charge in [-0.2, -0.15) is 0 Å². The average Bonchev–Trinajstić information content (AvgIpc) is 3.50. The third kappa shape index (κ3) is 9.30. The molecule has 0 unspecified atom stereocenters. The first-order chi connectivity index (χ1) is 23.4. The van der Waals surface area contributed by atoms with Crippen molar-refractivity contribution >= 4 is 22.8 Å². The van der Waals surface area contributed by atoms with Crippen molar-refractivity contribution in [1.29, 1.82) is 0 Å². The maximum atomic E-state index is 13.6. The molecule has 1 aromatic heterocycles. The van der Waals surface area contributed by atoms with Crippen molar-refractivity contribution < 1.29 is 38.7 Å². The molecule has 2 heterocycles. The first-order valence-corrected chi connectivity index (χ1v) is 16.1. The zero-order valence-electron chi connectivity index (χ0n) is 26.8. The van der Waals surface area contributed by atoms with Gasteiger partial charge >= 0.3 is 5.97 Å². The predicted molar refractivity (Wildman–Crippen MR) is 180 cm³/mol. The number of aromatic nitrogens is 1. The van der Waals surface area contributed by atoms with Crippen molar-refractivity contribution in [2.45, 2.75) is 50.2 Å². The highest BCUT2D eigenvalue weighted by atomic mass is 16.6. The quantitative estimate of drug-likeness (QED) is 0.127. The van der Waals surface area contributed by atoms with Crippen LogP contribution in [0.15, 0.2) is 91.1 Å². The van der Waals surface area contributed by atoms with Crippen LogP contribution in [0.3, 0.4) is 0 Å². The molecule has 1 aliphatic rings. The Bertz CT molecular complexity index is 1660. The highest BCUT2D eigenvalue weighted by molar-refractivity contribution is 5.94. The molecule has 4 atom stereocenters. The molecule has 0 aliphatic carbocycles. The molecule has 11 nitrogen and oxygen atoms in total. The molecule has 1 amide bonds. The molecular weight excluding hydrogens is 614 g/mol. The molecule has 0 saturated heterocycles. The molecule has 1 aliphatic heterocycles. The number of para-hydroxylation sites is 1. The van der Waals surface area contributed by atoms with E-state index in [9.17, 15) is 19.8 Å². The summed E-state index contributed by atoms with van der Waals surface area (Å²) in [5, 5.41) is 26.4. The topological polar surface area (TPSA) is 165 Å². The number of benzene rings is 3. The number of aromatic amines is 1. The Kier molecular flexibility index (Phi) is 12.7. The second kappa shape index (κ2) is 17.6. The van der Waals surface area contributed by atoms with Gasteiger partial charge in [0.2, 0.25) is 5.91 Å². The summed E-state index contributed by atoms with van der Waals surface area (Å²) in [6.07, 6.45) is 2.92. The Labute approximate surface area is 279 Å². The highest BCUT2D eigenvalue weighted by Crippen LogP contribution is 2.25. The van der Waals surface area contributed by atoms with Gasteiger partial charge in [0.15, 0.2) is 0 Å². The number of phenols is 1. The zero-order valence-corrected chi connectivity index (χ0v) is 26.8. The fraction of sp³-hybridized carbons (Fsp3) is 0.351. The van der Waals surface area contributed by atoms with Gasteiger partial charge in [0.1, 0.15) is 36.2 Å². The van der Waals surface area contributed by atoms with Crippen molar-refractivity contribution in [2.24, 2.45) is 5.73 Å². The van der Waals surface area contributed by atoms with Crippen molar-refractivity contribution in [3.63, 3.8) is 0 Å². The van der Waals surface area contributed by atoms with Gasteiger partial charge in [0, 0.05) is 30.3 Å². The Balaban J connectivity index is 1.46. The van der Waals surface area contributed by atoms with E-state index < -0.39 is 30.3 Å². The first kappa shape index (κ1) is 34.8. The molecule has 3 aromatic carbocycles. The van der Waals surface area contributed by atoms with Crippen LogP contribution in [-0.4, -0.2) is 84.4 Å². The molecule has 6 N–H and O–H groups in total. The van der Waals surface area contributed by atoms with Crippen molar-refractivity contribution in [3.8, 4) is 5.75 Å². The molecule has 0 radical (unpaired) electrons. The van der Waals surface area contributed by atoms with Gasteiger partial charge in [0.05, 0.1) is 32.3 Å². The summed E-state index contributed by atoms with van der Waals surface area (Å²) in [7, 11) is 0. The largest absolute Gasteiger partial charge is 0.507 e. The van der Waals surface area contributed by atoms with Crippen molar-refractivity contribution in [2.75, 3.05) is 33.0 Å². The van der Waals surface area contributed by atoms with Crippen molar-refractivity contribution in [1.82, 2.24) is 10.3 Å². The summed E-state index contributed by atoms with van der Waals surface area (Å²) in [4.78, 5) is 30.3. The maximum absolute atomic E-state index is 13.6. The fourth-order valence-corrected chi connectivity index (χ4v) is 5.78. The average molecular weight is 658 g/mol. The third-order valence-corrected chi connectivity index (χ3v) is 8.22. The minimum Gasteiger partial charge on any atom is -0.507 e. The third-order valence-electron chi connectivity index (χ3n) is 8.22. The molecule has 0 spiro atoms. The molecule has 4 aromatic rings. The number of ether oxygens (including phenoxy) is 4. The number of hydrogen-bond donors (Lipinski definition) is 5. The van der Waals surface area contributed by atoms with Crippen LogP contribution in [0.2, 0.25) is 0 Å². The molecule has 254 valence electrons. The van der Waals surface area contributed by atoms with E-state index in [0.29, 0.717) is 31.6 Å². The number of aromatic hydroxyl groups is 1. The van der Waals surface area contributed by atoms with Gasteiger partial charge in [-0.3, -0.25) is 4.79 Å². The van der Waals surface area contributed by atoms with Crippen LogP contribution < -0.4 is 11.1 Å². The van der Waals surface area contributed by atoms with E-state index in [0.717, 1.165) is 22.0 Å². The number of rotatable bonds is 10. The van der Waals surface area contributed by atoms with Gasteiger partial charge in [0.25, 0.3) is 0 Å². The zero-order chi connectivity index (χ0) is 33.7. The summed E-state index contributed by atoms with van der Waals surface area (Å²) < 4.78 is 24.2. The smallest absolute Gasteiger partial charge is 0.342 e. The molecular formula is C37H43N3O8. The summed E-state index contributed by atoms with van der Waals surface area (Å²) in [5.74, 6) is -1.34. The Morgan fingerprint density at radius 1 is 1.02 bits per heavy atom. The number of aliphatic hydroxyl groups excluding tert-OH is 1. The van der Waals surface area contributed by atoms with Gasteiger partial charge in [-0.05, 0) is 41.7 Å². The van der Waals surface area contributed by atoms with Crippen LogP contribution in [-0.2, 0) is 43.2 Å². The van der Waals surface area contributed by atoms with Crippen LogP contribution in [0.25, 0.3) is 10.9 Å². The number of H-pyrrole nitrogens is 1. The normalized spacial score (nSPS) is 21.0. The highest BCUT2D eigenvalue weighted by Gasteiger charge is 2.37. The van der Waals surface area contributed by atoms with E-state index in [2.05, 4.69) is 10.3 Å². The van der Waals surface area contributed by atoms with E-state index in [4.69, 9.17) is 24.7 Å². The summed E-state index contributed by atoms with van der Waals surface area (Å²) in [6.45, 7) is 0.523. The van der Waals surface area contributed by atoms with Gasteiger partial charge in [-0.25, -0.2) is 4.79 Å². The molecule has 11 heteroatoms. The van der Waals surface area contributed by atoms with Gasteiger partial charge < -0.3 is 45.2 Å². The SMILES string of the molecule is NC/C=C/CO[C@H]1[C@H](O)[C@H](OCc2ccccc2)COCCCc2cccc(O)c2C(=O)OC[C@@H]1NC(=O)Cc1c[nH]c2ccccc12. The number of carbonyl (C=O) groups is 2. The molecule has 0 saturated carbocycles. The van der Waals surface area contributed by atoms with Crippen LogP contribution in [0, 0.1) is 0 Å². The maximum Gasteiger partial charge on any atom is 0.342 e. The lowest BCUT2D eigenvalue weighted by Crippen LogP contribution is -2.56. The number of amides is 1. The Morgan fingerprint density at radius 3 is 2.67 bits per heavy atom. The van der Waals surface area contributed by atoms with Crippen LogP contribution in [0.1, 0.15) is 33.5 Å². The number of hydrogen-bond acceptors (Lipinski definition) is 9. The number of phenolic OH excluding ortho intramolecular Hbond substituents is 1. The fourth-order valence-electron chi connectivity index (χ4n) is 5.78. The number of aryl methyl sites for hydroxylation is 1. The molecule has 0 bridgehead atoms. The number of nitrogens with one attached hydrogen (secondary N) is 2. The van der Waals surface area contributed by atoms with E-state index in [-0.39, 0.29) is 50.1 Å². The van der Waals surface area contributed by atoms with Crippen LogP contribution in [0.5, 0.6) is 5.75 Å². The lowest BCUT2D eigenvalue weighted by Gasteiger charge is -2.35. The van der Waals surface area contributed by atoms with Gasteiger partial charge in [-0.1, -0.05) is 72.8 Å². The molecule has 0 fully saturated rings. The number of nitrogens with two attached hydrogens (primary N) is 1. The monoisotopic (exact) mass is 657 g/mol. The standard InChI is InChI=1S/C37H43N3O8/c38-17-6-7-19-46-36-30(40-33(42)20-27-21-39-29-15-5-4-14-28(27)29)23-48-37(44)34-26(12-8-16-31(34)41)13-9-18-45-24-32(35(36)43)47-22-25-10-2-1-3-11-25/h1-8,10-12,14-16,21,30,32,35-36,39,41,43H,9,13,17-20,22-24,38H2,(H,40,42)/b7-6+/t30-,32+,35+,36+/m0/s1. The Morgan fingerprint density at radius 2 is 1.83 bits per heavy atom.